The van der Waals surface area contributed by atoms with Gasteiger partial charge in [0, 0.05) is 6.42 Å². The fraction of sp³-hybridized carbons (Fsp3) is 0.839. The monoisotopic (exact) mass is 468 g/mol. The predicted octanol–water partition coefficient (Wildman–Crippen LogP) is 7.81. The molecule has 3 nitrogen and oxygen atoms in total. The molecule has 190 valence electrons. The first-order chi connectivity index (χ1) is 16.0. The smallest absolute Gasteiger partial charge is 0.303 e. The summed E-state index contributed by atoms with van der Waals surface area (Å²) >= 11 is 0. The molecule has 3 saturated carbocycles. The number of hydrogen-bond acceptors (Lipinski definition) is 2. The highest BCUT2D eigenvalue weighted by molar-refractivity contribution is 5.67. The van der Waals surface area contributed by atoms with E-state index in [0.717, 1.165) is 36.5 Å². The Bertz CT molecular complexity index is 883. The Kier molecular flexibility index (Phi) is 6.15. The molecule has 0 aromatic rings. The summed E-state index contributed by atoms with van der Waals surface area (Å²) in [7, 11) is 0. The third kappa shape index (κ3) is 3.93. The van der Waals surface area contributed by atoms with Gasteiger partial charge in [-0.05, 0) is 118 Å². The highest BCUT2D eigenvalue weighted by Crippen LogP contribution is 2.68. The minimum atomic E-state index is -0.627. The van der Waals surface area contributed by atoms with E-state index in [4.69, 9.17) is 4.74 Å². The Balaban J connectivity index is 0.000000144. The molecule has 0 radical (unpaired) electrons. The number of epoxide rings is 1. The van der Waals surface area contributed by atoms with Gasteiger partial charge in [-0.3, -0.25) is 4.79 Å². The third-order valence-electron chi connectivity index (χ3n) is 11.7. The largest absolute Gasteiger partial charge is 0.481 e. The van der Waals surface area contributed by atoms with Crippen LogP contribution >= 0.6 is 0 Å². The Morgan fingerprint density at radius 2 is 1.79 bits per heavy atom. The predicted molar refractivity (Wildman–Crippen MR) is 137 cm³/mol. The molecular weight excluding hydrogens is 420 g/mol. The van der Waals surface area contributed by atoms with E-state index in [9.17, 15) is 9.90 Å². The van der Waals surface area contributed by atoms with Crippen LogP contribution in [0.4, 0.5) is 0 Å². The van der Waals surface area contributed by atoms with Crippen LogP contribution in [0.2, 0.25) is 0 Å². The number of carbonyl (C=O) groups is 1. The Morgan fingerprint density at radius 3 is 2.44 bits per heavy atom. The molecule has 0 amide bonds. The molecule has 9 atom stereocenters. The number of fused-ring (bicyclic) bond motifs is 6. The summed E-state index contributed by atoms with van der Waals surface area (Å²) in [5, 5.41) is 9.33. The van der Waals surface area contributed by atoms with Crippen LogP contribution in [0.25, 0.3) is 0 Å². The maximum Gasteiger partial charge on any atom is 0.303 e. The maximum atomic E-state index is 11.3. The van der Waals surface area contributed by atoms with Crippen LogP contribution in [0.3, 0.4) is 0 Å². The van der Waals surface area contributed by atoms with Crippen LogP contribution in [0.15, 0.2) is 23.3 Å². The molecule has 6 rings (SSSR count). The van der Waals surface area contributed by atoms with E-state index >= 15 is 0 Å². The maximum absolute atomic E-state index is 11.3. The van der Waals surface area contributed by atoms with Gasteiger partial charge >= 0.3 is 5.97 Å². The summed E-state index contributed by atoms with van der Waals surface area (Å²) in [6.45, 7) is 13.7. The minimum Gasteiger partial charge on any atom is -0.481 e. The van der Waals surface area contributed by atoms with Crippen molar-refractivity contribution < 1.29 is 14.6 Å². The van der Waals surface area contributed by atoms with Crippen molar-refractivity contribution in [3.63, 3.8) is 0 Å². The van der Waals surface area contributed by atoms with Gasteiger partial charge in [-0.2, -0.15) is 0 Å². The molecule has 0 aromatic heterocycles. The topological polar surface area (TPSA) is 49.8 Å². The Hall–Kier alpha value is -1.09. The highest BCUT2D eigenvalue weighted by atomic mass is 16.6. The first-order valence-corrected chi connectivity index (χ1v) is 14.2. The van der Waals surface area contributed by atoms with Gasteiger partial charge in [-0.15, -0.1) is 0 Å². The zero-order chi connectivity index (χ0) is 24.5. The molecule has 4 fully saturated rings. The lowest BCUT2D eigenvalue weighted by Gasteiger charge is -2.56. The van der Waals surface area contributed by atoms with Crippen LogP contribution in [-0.2, 0) is 9.53 Å². The molecule has 3 heteroatoms. The van der Waals surface area contributed by atoms with Gasteiger partial charge < -0.3 is 9.84 Å². The number of carboxylic acid groups (broad SMARTS) is 1. The van der Waals surface area contributed by atoms with Crippen molar-refractivity contribution in [2.75, 3.05) is 0 Å². The summed E-state index contributed by atoms with van der Waals surface area (Å²) in [5.74, 6) is 4.18. The second kappa shape index (κ2) is 8.49. The molecule has 1 N–H and O–H groups in total. The van der Waals surface area contributed by atoms with Gasteiger partial charge in [0.05, 0.1) is 11.7 Å². The van der Waals surface area contributed by atoms with E-state index in [1.165, 1.54) is 50.5 Å². The summed E-state index contributed by atoms with van der Waals surface area (Å²) in [4.78, 5) is 11.3. The van der Waals surface area contributed by atoms with Gasteiger partial charge in [0.25, 0.3) is 0 Å². The Labute approximate surface area is 207 Å². The summed E-state index contributed by atoms with van der Waals surface area (Å²) in [6, 6.07) is 0. The number of carboxylic acids is 1. The van der Waals surface area contributed by atoms with Crippen LogP contribution in [0.5, 0.6) is 0 Å². The number of allylic oxidation sites excluding steroid dienone is 4. The molecule has 2 bridgehead atoms. The van der Waals surface area contributed by atoms with Gasteiger partial charge in [-0.25, -0.2) is 0 Å². The van der Waals surface area contributed by atoms with E-state index in [0.29, 0.717) is 30.0 Å². The molecule has 1 aliphatic heterocycles. The average molecular weight is 469 g/mol. The fourth-order valence-corrected chi connectivity index (χ4v) is 9.85. The molecular formula is C31H48O3. The molecule has 0 aromatic carbocycles. The number of rotatable bonds is 2. The van der Waals surface area contributed by atoms with Crippen LogP contribution < -0.4 is 0 Å². The van der Waals surface area contributed by atoms with Gasteiger partial charge in [0.2, 0.25) is 0 Å². The van der Waals surface area contributed by atoms with E-state index in [-0.39, 0.29) is 10.8 Å². The lowest BCUT2D eigenvalue weighted by molar-refractivity contribution is -0.145. The molecule has 1 saturated heterocycles. The van der Waals surface area contributed by atoms with Crippen LogP contribution in [0.1, 0.15) is 106 Å². The fourth-order valence-electron chi connectivity index (χ4n) is 9.85. The van der Waals surface area contributed by atoms with Gasteiger partial charge in [0.15, 0.2) is 0 Å². The second-order valence-corrected chi connectivity index (χ2v) is 13.9. The van der Waals surface area contributed by atoms with Crippen molar-refractivity contribution >= 4 is 5.97 Å². The summed E-state index contributed by atoms with van der Waals surface area (Å²) in [6.07, 6.45) is 17.2. The molecule has 9 unspecified atom stereocenters. The van der Waals surface area contributed by atoms with E-state index in [1.807, 2.05) is 0 Å². The number of aliphatic carboxylic acids is 1. The van der Waals surface area contributed by atoms with E-state index in [1.54, 1.807) is 5.57 Å². The van der Waals surface area contributed by atoms with E-state index < -0.39 is 5.97 Å². The number of hydrogen-bond donors (Lipinski definition) is 1. The Morgan fingerprint density at radius 1 is 1.09 bits per heavy atom. The standard InChI is InChI=1S/C17H28O2.C14H20O/c1-12-6-9-17(13(2)10-12)8-5-7-16(3,4)14(17)11-15(18)19;1-8-3-4-11-12(5-8)10-6-13(11)14(7-10)9(2)15-14/h6,13-14H,5,7-11H2,1-4H3,(H,18,19);3,9-13H,4-7H2,1-2H3. The van der Waals surface area contributed by atoms with Crippen molar-refractivity contribution in [3.05, 3.63) is 23.3 Å². The van der Waals surface area contributed by atoms with E-state index in [2.05, 4.69) is 53.7 Å². The minimum absolute atomic E-state index is 0.157. The van der Waals surface area contributed by atoms with Crippen LogP contribution in [0, 0.1) is 46.3 Å². The van der Waals surface area contributed by atoms with Crippen molar-refractivity contribution in [1.29, 1.82) is 0 Å². The zero-order valence-corrected chi connectivity index (χ0v) is 22.5. The molecule has 34 heavy (non-hydrogen) atoms. The SMILES string of the molecule is CC1=CCC2(CCCC(C)(C)C2CC(=O)O)C(C)C1.CC1=CCC2C(C1)C1CC2C2(C1)OC2C. The average Bonchev–Trinajstić information content (AvgIpc) is 3.08. The molecule has 2 spiro atoms. The molecule has 1 heterocycles. The lowest BCUT2D eigenvalue weighted by atomic mass is 9.48. The van der Waals surface area contributed by atoms with Crippen LogP contribution in [-0.4, -0.2) is 22.8 Å². The zero-order valence-electron chi connectivity index (χ0n) is 22.5. The van der Waals surface area contributed by atoms with Crippen molar-refractivity contribution in [1.82, 2.24) is 0 Å². The quantitative estimate of drug-likeness (QED) is 0.332. The van der Waals surface area contributed by atoms with Crippen molar-refractivity contribution in [3.8, 4) is 0 Å². The van der Waals surface area contributed by atoms with Gasteiger partial charge in [-0.1, -0.05) is 50.5 Å². The first-order valence-electron chi connectivity index (χ1n) is 14.2. The summed E-state index contributed by atoms with van der Waals surface area (Å²) < 4.78 is 5.95. The third-order valence-corrected chi connectivity index (χ3v) is 11.7. The number of ether oxygens (including phenoxy) is 1. The van der Waals surface area contributed by atoms with Crippen molar-refractivity contribution in [2.45, 2.75) is 117 Å². The molecule has 6 aliphatic rings. The van der Waals surface area contributed by atoms with Crippen molar-refractivity contribution in [2.24, 2.45) is 46.3 Å². The molecule has 5 aliphatic carbocycles. The van der Waals surface area contributed by atoms with Gasteiger partial charge in [0.1, 0.15) is 0 Å². The highest BCUT2D eigenvalue weighted by Gasteiger charge is 2.70. The first kappa shape index (κ1) is 24.6. The lowest BCUT2D eigenvalue weighted by Crippen LogP contribution is -2.49. The summed E-state index contributed by atoms with van der Waals surface area (Å²) in [5.41, 5.74) is 3.87. The second-order valence-electron chi connectivity index (χ2n) is 13.9. The normalized spacial score (nSPS) is 48.0.